The first-order valence-electron chi connectivity index (χ1n) is 6.94. The van der Waals surface area contributed by atoms with Gasteiger partial charge in [0, 0.05) is 11.9 Å². The molecule has 3 heteroatoms. The molecule has 0 atom stereocenters. The zero-order chi connectivity index (χ0) is 14.1. The average molecular weight is 261 g/mol. The molecule has 1 aliphatic rings. The lowest BCUT2D eigenvalue weighted by Crippen LogP contribution is -2.13. The molecule has 0 spiro atoms. The summed E-state index contributed by atoms with van der Waals surface area (Å²) in [5, 5.41) is 0. The van der Waals surface area contributed by atoms with Gasteiger partial charge in [-0.2, -0.15) is 0 Å². The standard InChI is InChI=1S/C16H23NO2/c1-15(2)13(16(15,3)4)14(18)19-11-7-9-12-8-5-6-10-17-12/h5-6,8,10,13H,7,9,11H2,1-4H3. The summed E-state index contributed by atoms with van der Waals surface area (Å²) in [6.07, 6.45) is 3.47. The molecule has 0 radical (unpaired) electrons. The van der Waals surface area contributed by atoms with Crippen molar-refractivity contribution in [3.8, 4) is 0 Å². The second-order valence-electron chi connectivity index (χ2n) is 6.47. The van der Waals surface area contributed by atoms with Crippen LogP contribution in [0.4, 0.5) is 0 Å². The lowest BCUT2D eigenvalue weighted by Gasteiger charge is -2.05. The number of esters is 1. The van der Waals surface area contributed by atoms with E-state index in [1.807, 2.05) is 18.2 Å². The summed E-state index contributed by atoms with van der Waals surface area (Å²) in [5.74, 6) is -0.00845. The molecular formula is C16H23NO2. The lowest BCUT2D eigenvalue weighted by molar-refractivity contribution is -0.146. The van der Waals surface area contributed by atoms with Gasteiger partial charge in [0.25, 0.3) is 0 Å². The Morgan fingerprint density at radius 3 is 2.47 bits per heavy atom. The quantitative estimate of drug-likeness (QED) is 0.603. The maximum atomic E-state index is 12.0. The van der Waals surface area contributed by atoms with E-state index in [1.165, 1.54) is 0 Å². The fourth-order valence-electron chi connectivity index (χ4n) is 2.84. The molecule has 1 fully saturated rings. The highest BCUT2D eigenvalue weighted by molar-refractivity contribution is 5.78. The Morgan fingerprint density at radius 1 is 1.26 bits per heavy atom. The Labute approximate surface area is 115 Å². The number of hydrogen-bond acceptors (Lipinski definition) is 3. The Bertz CT molecular complexity index is 437. The van der Waals surface area contributed by atoms with Crippen LogP contribution in [0.15, 0.2) is 24.4 Å². The molecule has 2 rings (SSSR count). The van der Waals surface area contributed by atoms with Gasteiger partial charge >= 0.3 is 5.97 Å². The maximum absolute atomic E-state index is 12.0. The number of ether oxygens (including phenoxy) is 1. The molecule has 1 heterocycles. The third-order valence-corrected chi connectivity index (χ3v) is 4.80. The van der Waals surface area contributed by atoms with Crippen molar-refractivity contribution < 1.29 is 9.53 Å². The van der Waals surface area contributed by atoms with Gasteiger partial charge in [-0.25, -0.2) is 0 Å². The van der Waals surface area contributed by atoms with Gasteiger partial charge in [-0.05, 0) is 35.8 Å². The number of pyridine rings is 1. The first-order chi connectivity index (χ1) is 8.87. The van der Waals surface area contributed by atoms with Crippen LogP contribution in [0.5, 0.6) is 0 Å². The van der Waals surface area contributed by atoms with Gasteiger partial charge in [0.1, 0.15) is 0 Å². The highest BCUT2D eigenvalue weighted by atomic mass is 16.5. The molecule has 19 heavy (non-hydrogen) atoms. The second kappa shape index (κ2) is 4.95. The van der Waals surface area contributed by atoms with E-state index in [0.717, 1.165) is 18.5 Å². The molecule has 0 saturated heterocycles. The molecular weight excluding hydrogens is 238 g/mol. The first kappa shape index (κ1) is 14.0. The molecule has 0 aliphatic heterocycles. The highest BCUT2D eigenvalue weighted by Gasteiger charge is 2.69. The lowest BCUT2D eigenvalue weighted by atomic mass is 10.0. The van der Waals surface area contributed by atoms with E-state index >= 15 is 0 Å². The van der Waals surface area contributed by atoms with Gasteiger partial charge in [-0.15, -0.1) is 0 Å². The van der Waals surface area contributed by atoms with Crippen molar-refractivity contribution in [2.75, 3.05) is 6.61 Å². The second-order valence-corrected chi connectivity index (χ2v) is 6.47. The van der Waals surface area contributed by atoms with Crippen molar-refractivity contribution >= 4 is 5.97 Å². The Morgan fingerprint density at radius 2 is 1.95 bits per heavy atom. The zero-order valence-corrected chi connectivity index (χ0v) is 12.3. The van der Waals surface area contributed by atoms with Crippen molar-refractivity contribution in [3.05, 3.63) is 30.1 Å². The molecule has 104 valence electrons. The summed E-state index contributed by atoms with van der Waals surface area (Å²) in [6.45, 7) is 9.01. The molecule has 1 aromatic rings. The third kappa shape index (κ3) is 2.65. The number of carbonyl (C=O) groups excluding carboxylic acids is 1. The van der Waals surface area contributed by atoms with Crippen molar-refractivity contribution in [3.63, 3.8) is 0 Å². The number of nitrogens with zero attached hydrogens (tertiary/aromatic N) is 1. The summed E-state index contributed by atoms with van der Waals surface area (Å²) in [6, 6.07) is 5.87. The molecule has 0 N–H and O–H groups in total. The number of aromatic nitrogens is 1. The van der Waals surface area contributed by atoms with E-state index < -0.39 is 0 Å². The van der Waals surface area contributed by atoms with E-state index in [0.29, 0.717) is 6.61 Å². The van der Waals surface area contributed by atoms with Gasteiger partial charge < -0.3 is 4.74 Å². The molecule has 0 unspecified atom stereocenters. The van der Waals surface area contributed by atoms with Crippen molar-refractivity contribution in [2.24, 2.45) is 16.7 Å². The predicted molar refractivity (Wildman–Crippen MR) is 74.6 cm³/mol. The van der Waals surface area contributed by atoms with Crippen molar-refractivity contribution in [2.45, 2.75) is 40.5 Å². The SMILES string of the molecule is CC1(C)C(C(=O)OCCCc2ccccn2)C1(C)C. The average Bonchev–Trinajstić information content (AvgIpc) is 2.76. The maximum Gasteiger partial charge on any atom is 0.310 e. The highest BCUT2D eigenvalue weighted by Crippen LogP contribution is 2.68. The molecule has 1 aromatic heterocycles. The number of carbonyl (C=O) groups is 1. The summed E-state index contributed by atoms with van der Waals surface area (Å²) >= 11 is 0. The van der Waals surface area contributed by atoms with Crippen LogP contribution < -0.4 is 0 Å². The van der Waals surface area contributed by atoms with Gasteiger partial charge in [0.05, 0.1) is 12.5 Å². The van der Waals surface area contributed by atoms with Crippen LogP contribution in [0.2, 0.25) is 0 Å². The van der Waals surface area contributed by atoms with E-state index in [2.05, 4.69) is 32.7 Å². The largest absolute Gasteiger partial charge is 0.465 e. The van der Waals surface area contributed by atoms with E-state index in [9.17, 15) is 4.79 Å². The summed E-state index contributed by atoms with van der Waals surface area (Å²) < 4.78 is 5.39. The van der Waals surface area contributed by atoms with Gasteiger partial charge in [0.15, 0.2) is 0 Å². The molecule has 1 saturated carbocycles. The summed E-state index contributed by atoms with van der Waals surface area (Å²) in [5.41, 5.74) is 1.17. The van der Waals surface area contributed by atoms with Gasteiger partial charge in [-0.1, -0.05) is 33.8 Å². The fraction of sp³-hybridized carbons (Fsp3) is 0.625. The normalized spacial score (nSPS) is 20.0. The van der Waals surface area contributed by atoms with E-state index in [4.69, 9.17) is 4.74 Å². The number of rotatable bonds is 5. The summed E-state index contributed by atoms with van der Waals surface area (Å²) in [7, 11) is 0. The zero-order valence-electron chi connectivity index (χ0n) is 12.3. The van der Waals surface area contributed by atoms with Crippen LogP contribution in [-0.4, -0.2) is 17.6 Å². The first-order valence-corrected chi connectivity index (χ1v) is 6.94. The third-order valence-electron chi connectivity index (χ3n) is 4.80. The minimum Gasteiger partial charge on any atom is -0.465 e. The topological polar surface area (TPSA) is 39.2 Å². The van der Waals surface area contributed by atoms with Crippen LogP contribution in [0, 0.1) is 16.7 Å². The number of aryl methyl sites for hydroxylation is 1. The fourth-order valence-corrected chi connectivity index (χ4v) is 2.84. The monoisotopic (exact) mass is 261 g/mol. The van der Waals surface area contributed by atoms with Crippen LogP contribution in [0.1, 0.15) is 39.8 Å². The van der Waals surface area contributed by atoms with Crippen LogP contribution >= 0.6 is 0 Å². The Kier molecular flexibility index (Phi) is 3.66. The molecule has 0 bridgehead atoms. The van der Waals surface area contributed by atoms with Crippen LogP contribution in [-0.2, 0) is 16.0 Å². The van der Waals surface area contributed by atoms with Gasteiger partial charge in [0.2, 0.25) is 0 Å². The number of hydrogen-bond donors (Lipinski definition) is 0. The van der Waals surface area contributed by atoms with E-state index in [-0.39, 0.29) is 22.7 Å². The molecule has 1 aliphatic carbocycles. The minimum atomic E-state index is -0.0454. The van der Waals surface area contributed by atoms with Gasteiger partial charge in [-0.3, -0.25) is 9.78 Å². The van der Waals surface area contributed by atoms with Crippen molar-refractivity contribution in [1.29, 1.82) is 0 Å². The van der Waals surface area contributed by atoms with Crippen LogP contribution in [0.3, 0.4) is 0 Å². The molecule has 3 nitrogen and oxygen atoms in total. The molecule has 0 amide bonds. The molecule has 0 aromatic carbocycles. The Hall–Kier alpha value is -1.38. The van der Waals surface area contributed by atoms with E-state index in [1.54, 1.807) is 6.20 Å². The Balaban J connectivity index is 1.71. The smallest absolute Gasteiger partial charge is 0.310 e. The predicted octanol–water partition coefficient (Wildman–Crippen LogP) is 3.24. The summed E-state index contributed by atoms with van der Waals surface area (Å²) in [4.78, 5) is 16.3. The van der Waals surface area contributed by atoms with Crippen molar-refractivity contribution in [1.82, 2.24) is 4.98 Å². The minimum absolute atomic E-state index is 0.0369. The van der Waals surface area contributed by atoms with Crippen LogP contribution in [0.25, 0.3) is 0 Å².